The van der Waals surface area contributed by atoms with Gasteiger partial charge in [-0.2, -0.15) is 0 Å². The van der Waals surface area contributed by atoms with Gasteiger partial charge in [0.1, 0.15) is 5.82 Å². The highest BCUT2D eigenvalue weighted by Gasteiger charge is 2.33. The summed E-state index contributed by atoms with van der Waals surface area (Å²) in [6.45, 7) is 0.999. The molecule has 1 heterocycles. The first-order valence-corrected chi connectivity index (χ1v) is 9.24. The molecule has 0 bridgehead atoms. The first kappa shape index (κ1) is 16.1. The van der Waals surface area contributed by atoms with Crippen molar-refractivity contribution in [2.75, 3.05) is 11.4 Å². The van der Waals surface area contributed by atoms with Crippen molar-refractivity contribution in [1.82, 2.24) is 0 Å². The van der Waals surface area contributed by atoms with E-state index in [1.807, 2.05) is 12.1 Å². The van der Waals surface area contributed by atoms with Crippen molar-refractivity contribution in [3.05, 3.63) is 89.8 Å². The minimum Gasteiger partial charge on any atom is -0.365 e. The monoisotopic (exact) mass is 333 g/mol. The molecule has 0 amide bonds. The van der Waals surface area contributed by atoms with Gasteiger partial charge in [-0.25, -0.2) is 4.39 Å². The van der Waals surface area contributed by atoms with E-state index in [4.69, 9.17) is 0 Å². The van der Waals surface area contributed by atoms with E-state index >= 15 is 0 Å². The molecule has 1 fully saturated rings. The molecule has 1 nitrogen and oxygen atoms in total. The first-order valence-electron chi connectivity index (χ1n) is 9.24. The largest absolute Gasteiger partial charge is 0.365 e. The third-order valence-electron chi connectivity index (χ3n) is 5.49. The molecule has 1 aliphatic heterocycles. The topological polar surface area (TPSA) is 3.24 Å². The Morgan fingerprint density at radius 2 is 1.92 bits per heavy atom. The van der Waals surface area contributed by atoms with E-state index < -0.39 is 0 Å². The molecule has 0 saturated carbocycles. The third kappa shape index (κ3) is 3.53. The van der Waals surface area contributed by atoms with Crippen LogP contribution in [0.1, 0.15) is 24.8 Å². The second-order valence-electron chi connectivity index (χ2n) is 7.03. The van der Waals surface area contributed by atoms with Crippen LogP contribution in [0.15, 0.2) is 78.4 Å². The highest BCUT2D eigenvalue weighted by atomic mass is 19.1. The fourth-order valence-corrected chi connectivity index (χ4v) is 4.23. The molecule has 1 aliphatic carbocycles. The van der Waals surface area contributed by atoms with Crippen LogP contribution >= 0.6 is 0 Å². The summed E-state index contributed by atoms with van der Waals surface area (Å²) in [5.74, 6) is 0.495. The molecule has 0 N–H and O–H groups in total. The van der Waals surface area contributed by atoms with Gasteiger partial charge in [0.25, 0.3) is 0 Å². The van der Waals surface area contributed by atoms with Gasteiger partial charge in [-0.1, -0.05) is 54.6 Å². The molecule has 1 saturated heterocycles. The Kier molecular flexibility index (Phi) is 4.69. The smallest absolute Gasteiger partial charge is 0.125 e. The minimum absolute atomic E-state index is 0.154. The lowest BCUT2D eigenvalue weighted by Gasteiger charge is -2.44. The van der Waals surface area contributed by atoms with Crippen LogP contribution in [0.25, 0.3) is 0 Å². The van der Waals surface area contributed by atoms with Gasteiger partial charge < -0.3 is 4.90 Å². The lowest BCUT2D eigenvalue weighted by atomic mass is 9.78. The summed E-state index contributed by atoms with van der Waals surface area (Å²) >= 11 is 0. The van der Waals surface area contributed by atoms with Crippen LogP contribution < -0.4 is 4.90 Å². The number of benzene rings is 2. The van der Waals surface area contributed by atoms with Crippen LogP contribution in [0.5, 0.6) is 0 Å². The van der Waals surface area contributed by atoms with E-state index in [1.165, 1.54) is 17.2 Å². The lowest BCUT2D eigenvalue weighted by Crippen LogP contribution is -2.45. The zero-order valence-corrected chi connectivity index (χ0v) is 14.4. The van der Waals surface area contributed by atoms with Gasteiger partial charge in [-0.05, 0) is 60.9 Å². The van der Waals surface area contributed by atoms with Crippen LogP contribution in [-0.2, 0) is 6.42 Å². The van der Waals surface area contributed by atoms with Crippen molar-refractivity contribution in [3.8, 4) is 0 Å². The van der Waals surface area contributed by atoms with Gasteiger partial charge in [0.2, 0.25) is 0 Å². The third-order valence-corrected chi connectivity index (χ3v) is 5.49. The van der Waals surface area contributed by atoms with Crippen LogP contribution in [-0.4, -0.2) is 12.6 Å². The molecule has 0 spiro atoms. The lowest BCUT2D eigenvalue weighted by molar-refractivity contribution is 0.427. The first-order chi connectivity index (χ1) is 12.3. The van der Waals surface area contributed by atoms with Gasteiger partial charge in [0.15, 0.2) is 0 Å². The highest BCUT2D eigenvalue weighted by Crippen LogP contribution is 2.38. The summed E-state index contributed by atoms with van der Waals surface area (Å²) in [6, 6.07) is 18.1. The normalized spacial score (nSPS) is 22.4. The quantitative estimate of drug-likeness (QED) is 0.710. The van der Waals surface area contributed by atoms with Gasteiger partial charge in [-0.15, -0.1) is 0 Å². The maximum absolute atomic E-state index is 13.8. The van der Waals surface area contributed by atoms with Crippen molar-refractivity contribution < 1.29 is 4.39 Å². The van der Waals surface area contributed by atoms with E-state index in [0.717, 1.165) is 37.9 Å². The number of fused-ring (bicyclic) bond motifs is 1. The number of allylic oxidation sites excluding steroid dienone is 3. The number of piperidine rings is 1. The molecule has 2 atom stereocenters. The summed E-state index contributed by atoms with van der Waals surface area (Å²) in [7, 11) is 0. The standard InChI is InChI=1S/C23H24FN/c24-20-10-6-11-21(17-20)25-16-15-19-9-4-5-12-22(19)23(25)14-13-18-7-2-1-3-8-18/h1-8,10-12,17,19,23H,9,13-16H2. The van der Waals surface area contributed by atoms with Crippen molar-refractivity contribution in [2.24, 2.45) is 5.92 Å². The number of rotatable bonds is 4. The molecular formula is C23H24FN. The van der Waals surface area contributed by atoms with E-state index in [2.05, 4.69) is 53.5 Å². The van der Waals surface area contributed by atoms with Crippen LogP contribution in [0, 0.1) is 11.7 Å². The molecule has 128 valence electrons. The fourth-order valence-electron chi connectivity index (χ4n) is 4.23. The van der Waals surface area contributed by atoms with Crippen molar-refractivity contribution in [1.29, 1.82) is 0 Å². The Labute approximate surface area is 149 Å². The van der Waals surface area contributed by atoms with Gasteiger partial charge in [-0.3, -0.25) is 0 Å². The van der Waals surface area contributed by atoms with Crippen molar-refractivity contribution in [2.45, 2.75) is 31.7 Å². The van der Waals surface area contributed by atoms with Crippen LogP contribution in [0.2, 0.25) is 0 Å². The van der Waals surface area contributed by atoms with Gasteiger partial charge in [0.05, 0.1) is 6.04 Å². The predicted molar refractivity (Wildman–Crippen MR) is 102 cm³/mol. The highest BCUT2D eigenvalue weighted by molar-refractivity contribution is 5.52. The Morgan fingerprint density at radius 1 is 1.04 bits per heavy atom. The number of halogens is 1. The maximum Gasteiger partial charge on any atom is 0.125 e. The summed E-state index contributed by atoms with van der Waals surface area (Å²) < 4.78 is 13.8. The second kappa shape index (κ2) is 7.26. The summed E-state index contributed by atoms with van der Waals surface area (Å²) in [4.78, 5) is 2.41. The molecule has 2 unspecified atom stereocenters. The molecule has 2 aromatic carbocycles. The Bertz CT molecular complexity index is 778. The summed E-state index contributed by atoms with van der Waals surface area (Å²) in [6.07, 6.45) is 11.2. The average Bonchev–Trinajstić information content (AvgIpc) is 2.67. The Morgan fingerprint density at radius 3 is 2.76 bits per heavy atom. The minimum atomic E-state index is -0.154. The fraction of sp³-hybridized carbons (Fsp3) is 0.304. The van der Waals surface area contributed by atoms with E-state index in [1.54, 1.807) is 6.07 Å². The van der Waals surface area contributed by atoms with Crippen LogP contribution in [0.4, 0.5) is 10.1 Å². The van der Waals surface area contributed by atoms with Crippen molar-refractivity contribution >= 4 is 5.69 Å². The molecule has 2 aromatic rings. The molecule has 25 heavy (non-hydrogen) atoms. The van der Waals surface area contributed by atoms with Gasteiger partial charge in [0, 0.05) is 12.2 Å². The average molecular weight is 333 g/mol. The van der Waals surface area contributed by atoms with Crippen LogP contribution in [0.3, 0.4) is 0 Å². The molecule has 4 rings (SSSR count). The van der Waals surface area contributed by atoms with E-state index in [9.17, 15) is 4.39 Å². The summed E-state index contributed by atoms with van der Waals surface area (Å²) in [5.41, 5.74) is 3.90. The zero-order chi connectivity index (χ0) is 17.1. The Hall–Kier alpha value is -2.35. The van der Waals surface area contributed by atoms with Crippen molar-refractivity contribution in [3.63, 3.8) is 0 Å². The Balaban J connectivity index is 1.62. The SMILES string of the molecule is Fc1cccc(N2CCC3CC=CC=C3C2CCc2ccccc2)c1. The molecule has 2 heteroatoms. The molecule has 0 aromatic heterocycles. The molecule has 0 radical (unpaired) electrons. The molecule has 2 aliphatic rings. The number of aryl methyl sites for hydroxylation is 1. The number of nitrogens with zero attached hydrogens (tertiary/aromatic N) is 1. The summed E-state index contributed by atoms with van der Waals surface area (Å²) in [5, 5.41) is 0. The zero-order valence-electron chi connectivity index (χ0n) is 14.4. The number of hydrogen-bond acceptors (Lipinski definition) is 1. The number of hydrogen-bond donors (Lipinski definition) is 0. The maximum atomic E-state index is 13.8. The molecular weight excluding hydrogens is 309 g/mol. The van der Waals surface area contributed by atoms with E-state index in [-0.39, 0.29) is 5.82 Å². The van der Waals surface area contributed by atoms with Gasteiger partial charge >= 0.3 is 0 Å². The second-order valence-corrected chi connectivity index (χ2v) is 7.03. The van der Waals surface area contributed by atoms with E-state index in [0.29, 0.717) is 12.0 Å². The number of anilines is 1. The predicted octanol–water partition coefficient (Wildman–Crippen LogP) is 5.54.